The van der Waals surface area contributed by atoms with Gasteiger partial charge in [-0.05, 0) is 44.6 Å². The van der Waals surface area contributed by atoms with Gasteiger partial charge in [0.15, 0.2) is 0 Å². The van der Waals surface area contributed by atoms with Gasteiger partial charge in [-0.2, -0.15) is 0 Å². The average Bonchev–Trinajstić information content (AvgIpc) is 2.92. The molecule has 2 nitrogen and oxygen atoms in total. The first kappa shape index (κ1) is 8.52. The Morgan fingerprint density at radius 2 is 2.08 bits per heavy atom. The second kappa shape index (κ2) is 3.75. The number of ether oxygens (including phenoxy) is 1. The van der Waals surface area contributed by atoms with Crippen LogP contribution in [0.25, 0.3) is 0 Å². The van der Waals surface area contributed by atoms with Gasteiger partial charge in [0.05, 0.1) is 6.10 Å². The quantitative estimate of drug-likeness (QED) is 0.695. The molecule has 1 aliphatic carbocycles. The molecule has 1 saturated heterocycles. The van der Waals surface area contributed by atoms with E-state index in [1.165, 1.54) is 32.1 Å². The molecule has 70 valence electrons. The van der Waals surface area contributed by atoms with E-state index in [1.54, 1.807) is 0 Å². The molecule has 2 N–H and O–H groups in total. The van der Waals surface area contributed by atoms with Gasteiger partial charge in [-0.1, -0.05) is 0 Å². The minimum Gasteiger partial charge on any atom is -0.378 e. The Balaban J connectivity index is 1.85. The Bertz CT molecular complexity index is 139. The van der Waals surface area contributed by atoms with E-state index in [0.717, 1.165) is 19.1 Å². The van der Waals surface area contributed by atoms with Gasteiger partial charge in [-0.25, -0.2) is 0 Å². The monoisotopic (exact) mass is 169 g/mol. The van der Waals surface area contributed by atoms with E-state index < -0.39 is 0 Å². The molecular weight excluding hydrogens is 150 g/mol. The van der Waals surface area contributed by atoms with Crippen LogP contribution in [0.2, 0.25) is 0 Å². The van der Waals surface area contributed by atoms with E-state index in [-0.39, 0.29) is 0 Å². The van der Waals surface area contributed by atoms with Crippen molar-refractivity contribution >= 4 is 0 Å². The van der Waals surface area contributed by atoms with Crippen LogP contribution in [0, 0.1) is 11.8 Å². The summed E-state index contributed by atoms with van der Waals surface area (Å²) in [5.74, 6) is 1.57. The largest absolute Gasteiger partial charge is 0.378 e. The van der Waals surface area contributed by atoms with Gasteiger partial charge in [0.2, 0.25) is 0 Å². The standard InChI is InChI=1S/C10H19NO/c11-7-9(8-4-5-8)10-3-1-2-6-12-10/h8-10H,1-7,11H2. The molecule has 1 heterocycles. The van der Waals surface area contributed by atoms with Crippen LogP contribution in [0.15, 0.2) is 0 Å². The first-order valence-electron chi connectivity index (χ1n) is 5.23. The predicted octanol–water partition coefficient (Wildman–Crippen LogP) is 1.54. The van der Waals surface area contributed by atoms with Crippen LogP contribution < -0.4 is 5.73 Å². The molecule has 1 aliphatic heterocycles. The molecule has 2 atom stereocenters. The lowest BCUT2D eigenvalue weighted by Crippen LogP contribution is -2.34. The molecule has 0 aromatic carbocycles. The van der Waals surface area contributed by atoms with Crippen LogP contribution in [0.3, 0.4) is 0 Å². The smallest absolute Gasteiger partial charge is 0.0618 e. The maximum atomic E-state index is 5.76. The van der Waals surface area contributed by atoms with Crippen molar-refractivity contribution in [3.05, 3.63) is 0 Å². The molecule has 0 aromatic rings. The van der Waals surface area contributed by atoms with Crippen LogP contribution in [-0.2, 0) is 4.74 Å². The van der Waals surface area contributed by atoms with E-state index >= 15 is 0 Å². The lowest BCUT2D eigenvalue weighted by atomic mass is 9.92. The molecule has 0 spiro atoms. The van der Waals surface area contributed by atoms with Gasteiger partial charge in [-0.3, -0.25) is 0 Å². The summed E-state index contributed by atoms with van der Waals surface area (Å²) in [7, 11) is 0. The number of nitrogens with two attached hydrogens (primary N) is 1. The van der Waals surface area contributed by atoms with E-state index in [2.05, 4.69) is 0 Å². The fourth-order valence-electron chi connectivity index (χ4n) is 2.28. The summed E-state index contributed by atoms with van der Waals surface area (Å²) in [5.41, 5.74) is 5.76. The summed E-state index contributed by atoms with van der Waals surface area (Å²) in [4.78, 5) is 0. The van der Waals surface area contributed by atoms with E-state index in [0.29, 0.717) is 12.0 Å². The molecule has 0 radical (unpaired) electrons. The van der Waals surface area contributed by atoms with Crippen molar-refractivity contribution in [2.45, 2.75) is 38.2 Å². The highest BCUT2D eigenvalue weighted by Gasteiger charge is 2.36. The highest BCUT2D eigenvalue weighted by atomic mass is 16.5. The maximum Gasteiger partial charge on any atom is 0.0618 e. The summed E-state index contributed by atoms with van der Waals surface area (Å²) in [6.45, 7) is 1.79. The molecule has 2 unspecified atom stereocenters. The fraction of sp³-hybridized carbons (Fsp3) is 1.00. The Morgan fingerprint density at radius 1 is 1.25 bits per heavy atom. The summed E-state index contributed by atoms with van der Waals surface area (Å²) in [6, 6.07) is 0. The third-order valence-corrected chi connectivity index (χ3v) is 3.19. The van der Waals surface area contributed by atoms with Crippen molar-refractivity contribution in [2.75, 3.05) is 13.2 Å². The van der Waals surface area contributed by atoms with Gasteiger partial charge in [-0.15, -0.1) is 0 Å². The first-order valence-corrected chi connectivity index (χ1v) is 5.23. The molecule has 2 aliphatic rings. The normalized spacial score (nSPS) is 33.2. The van der Waals surface area contributed by atoms with Crippen molar-refractivity contribution in [3.8, 4) is 0 Å². The third kappa shape index (κ3) is 1.80. The summed E-state index contributed by atoms with van der Waals surface area (Å²) in [5, 5.41) is 0. The zero-order valence-corrected chi connectivity index (χ0v) is 7.67. The topological polar surface area (TPSA) is 35.2 Å². The second-order valence-electron chi connectivity index (χ2n) is 4.14. The summed E-state index contributed by atoms with van der Waals surface area (Å²) >= 11 is 0. The minimum atomic E-state index is 0.497. The Kier molecular flexibility index (Phi) is 2.66. The molecular formula is C10H19NO. The molecule has 1 saturated carbocycles. The van der Waals surface area contributed by atoms with Crippen LogP contribution >= 0.6 is 0 Å². The third-order valence-electron chi connectivity index (χ3n) is 3.19. The van der Waals surface area contributed by atoms with E-state index in [4.69, 9.17) is 10.5 Å². The molecule has 2 rings (SSSR count). The molecule has 12 heavy (non-hydrogen) atoms. The average molecular weight is 169 g/mol. The Hall–Kier alpha value is -0.0800. The Morgan fingerprint density at radius 3 is 2.58 bits per heavy atom. The van der Waals surface area contributed by atoms with Gasteiger partial charge in [0.1, 0.15) is 0 Å². The highest BCUT2D eigenvalue weighted by molar-refractivity contribution is 4.87. The zero-order chi connectivity index (χ0) is 8.39. The van der Waals surface area contributed by atoms with Gasteiger partial charge >= 0.3 is 0 Å². The van der Waals surface area contributed by atoms with Crippen LogP contribution in [0.4, 0.5) is 0 Å². The Labute approximate surface area is 74.5 Å². The van der Waals surface area contributed by atoms with Crippen LogP contribution in [-0.4, -0.2) is 19.3 Å². The summed E-state index contributed by atoms with van der Waals surface area (Å²) < 4.78 is 5.75. The van der Waals surface area contributed by atoms with Gasteiger partial charge in [0.25, 0.3) is 0 Å². The maximum absolute atomic E-state index is 5.76. The lowest BCUT2D eigenvalue weighted by molar-refractivity contribution is -0.0243. The molecule has 2 fully saturated rings. The first-order chi connectivity index (χ1) is 5.92. The van der Waals surface area contributed by atoms with E-state index in [9.17, 15) is 0 Å². The fourth-order valence-corrected chi connectivity index (χ4v) is 2.28. The second-order valence-corrected chi connectivity index (χ2v) is 4.14. The predicted molar refractivity (Wildman–Crippen MR) is 48.9 cm³/mol. The SMILES string of the molecule is NCC(C1CC1)C1CCCCO1. The van der Waals surface area contributed by atoms with Crippen molar-refractivity contribution in [1.82, 2.24) is 0 Å². The number of hydrogen-bond donors (Lipinski definition) is 1. The van der Waals surface area contributed by atoms with Gasteiger partial charge < -0.3 is 10.5 Å². The highest BCUT2D eigenvalue weighted by Crippen LogP contribution is 2.40. The van der Waals surface area contributed by atoms with E-state index in [1.807, 2.05) is 0 Å². The number of hydrogen-bond acceptors (Lipinski definition) is 2. The van der Waals surface area contributed by atoms with Crippen molar-refractivity contribution in [1.29, 1.82) is 0 Å². The zero-order valence-electron chi connectivity index (χ0n) is 7.67. The van der Waals surface area contributed by atoms with Gasteiger partial charge in [0, 0.05) is 12.5 Å². The minimum absolute atomic E-state index is 0.497. The van der Waals surface area contributed by atoms with Crippen LogP contribution in [0.5, 0.6) is 0 Å². The van der Waals surface area contributed by atoms with Crippen molar-refractivity contribution < 1.29 is 4.74 Å². The molecule has 0 aromatic heterocycles. The molecule has 2 heteroatoms. The van der Waals surface area contributed by atoms with Crippen LogP contribution in [0.1, 0.15) is 32.1 Å². The molecule has 0 amide bonds. The van der Waals surface area contributed by atoms with Crippen molar-refractivity contribution in [3.63, 3.8) is 0 Å². The molecule has 0 bridgehead atoms. The van der Waals surface area contributed by atoms with Crippen molar-refractivity contribution in [2.24, 2.45) is 17.6 Å². The number of rotatable bonds is 3. The summed E-state index contributed by atoms with van der Waals surface area (Å²) in [6.07, 6.45) is 7.12. The lowest BCUT2D eigenvalue weighted by Gasteiger charge is -2.29.